The summed E-state index contributed by atoms with van der Waals surface area (Å²) in [6.45, 7) is 4.22. The fourth-order valence-electron chi connectivity index (χ4n) is 2.36. The van der Waals surface area contributed by atoms with Crippen molar-refractivity contribution in [3.05, 3.63) is 0 Å². The first kappa shape index (κ1) is 16.3. The minimum absolute atomic E-state index is 0.130. The zero-order chi connectivity index (χ0) is 15.3. The molecule has 0 aromatic rings. The second-order valence-corrected chi connectivity index (χ2v) is 5.05. The van der Waals surface area contributed by atoms with Crippen molar-refractivity contribution in [3.8, 4) is 0 Å². The number of carbonyl (C=O) groups is 3. The molecule has 1 heterocycles. The molecule has 0 aromatic heterocycles. The number of hydrogen-bond donors (Lipinski definition) is 1. The molecule has 0 aliphatic carbocycles. The number of ether oxygens (including phenoxy) is 1. The molecule has 2 amide bonds. The van der Waals surface area contributed by atoms with Gasteiger partial charge in [-0.1, -0.05) is 6.92 Å². The van der Waals surface area contributed by atoms with E-state index in [-0.39, 0.29) is 25.7 Å². The van der Waals surface area contributed by atoms with Crippen LogP contribution in [-0.4, -0.2) is 66.2 Å². The molecular formula is C13H22N2O5. The van der Waals surface area contributed by atoms with Crippen molar-refractivity contribution in [2.45, 2.75) is 26.7 Å². The first-order chi connectivity index (χ1) is 9.36. The van der Waals surface area contributed by atoms with Crippen LogP contribution in [-0.2, 0) is 14.3 Å². The Hall–Kier alpha value is -1.79. The number of urea groups is 1. The van der Waals surface area contributed by atoms with E-state index < -0.39 is 17.4 Å². The van der Waals surface area contributed by atoms with E-state index in [2.05, 4.69) is 0 Å². The summed E-state index contributed by atoms with van der Waals surface area (Å²) in [5, 5.41) is 9.29. The van der Waals surface area contributed by atoms with Gasteiger partial charge >= 0.3 is 18.0 Å². The molecule has 1 atom stereocenters. The Morgan fingerprint density at radius 3 is 2.45 bits per heavy atom. The summed E-state index contributed by atoms with van der Waals surface area (Å²) in [6.07, 6.45) is 0.922. The van der Waals surface area contributed by atoms with E-state index in [0.717, 1.165) is 0 Å². The topological polar surface area (TPSA) is 87.2 Å². The van der Waals surface area contributed by atoms with Crippen molar-refractivity contribution in [3.63, 3.8) is 0 Å². The molecule has 7 heteroatoms. The van der Waals surface area contributed by atoms with Crippen molar-refractivity contribution < 1.29 is 24.2 Å². The van der Waals surface area contributed by atoms with Crippen LogP contribution < -0.4 is 0 Å². The average Bonchev–Trinajstić information content (AvgIpc) is 2.83. The third-order valence-electron chi connectivity index (χ3n) is 3.75. The van der Waals surface area contributed by atoms with Crippen LogP contribution in [0.15, 0.2) is 0 Å². The highest BCUT2D eigenvalue weighted by molar-refractivity contribution is 5.82. The number of rotatable bonds is 5. The second kappa shape index (κ2) is 6.58. The van der Waals surface area contributed by atoms with Gasteiger partial charge in [-0.15, -0.1) is 0 Å². The molecule has 0 bridgehead atoms. The van der Waals surface area contributed by atoms with Gasteiger partial charge in [-0.3, -0.25) is 9.59 Å². The number of carboxylic acids is 1. The molecule has 1 aliphatic rings. The van der Waals surface area contributed by atoms with Gasteiger partial charge in [-0.05, 0) is 19.8 Å². The van der Waals surface area contributed by atoms with E-state index in [1.807, 2.05) is 6.92 Å². The number of hydrogen-bond acceptors (Lipinski definition) is 4. The molecule has 20 heavy (non-hydrogen) atoms. The summed E-state index contributed by atoms with van der Waals surface area (Å²) >= 11 is 0. The Morgan fingerprint density at radius 1 is 1.35 bits per heavy atom. The number of amides is 2. The van der Waals surface area contributed by atoms with Crippen molar-refractivity contribution in [1.82, 2.24) is 9.80 Å². The maximum atomic E-state index is 12.2. The summed E-state index contributed by atoms with van der Waals surface area (Å²) in [4.78, 5) is 37.6. The van der Waals surface area contributed by atoms with Gasteiger partial charge in [0.25, 0.3) is 0 Å². The number of carbonyl (C=O) groups excluding carboxylic acids is 2. The van der Waals surface area contributed by atoms with Crippen LogP contribution in [0.4, 0.5) is 4.79 Å². The largest absolute Gasteiger partial charge is 0.481 e. The van der Waals surface area contributed by atoms with E-state index in [4.69, 9.17) is 4.74 Å². The Balaban J connectivity index is 2.61. The molecule has 7 nitrogen and oxygen atoms in total. The van der Waals surface area contributed by atoms with Crippen LogP contribution >= 0.6 is 0 Å². The van der Waals surface area contributed by atoms with Crippen LogP contribution in [0.1, 0.15) is 26.7 Å². The number of carboxylic acid groups (broad SMARTS) is 1. The molecule has 1 saturated heterocycles. The predicted molar refractivity (Wildman–Crippen MR) is 71.2 cm³/mol. The highest BCUT2D eigenvalue weighted by Crippen LogP contribution is 2.34. The van der Waals surface area contributed by atoms with Crippen LogP contribution in [0.3, 0.4) is 0 Å². The number of aliphatic carboxylic acids is 1. The van der Waals surface area contributed by atoms with Gasteiger partial charge in [-0.25, -0.2) is 4.79 Å². The summed E-state index contributed by atoms with van der Waals surface area (Å²) in [5.74, 6) is -1.34. The Labute approximate surface area is 118 Å². The van der Waals surface area contributed by atoms with Gasteiger partial charge in [0.1, 0.15) is 6.54 Å². The normalized spacial score (nSPS) is 21.6. The molecule has 0 aromatic carbocycles. The average molecular weight is 286 g/mol. The van der Waals surface area contributed by atoms with Crippen molar-refractivity contribution in [1.29, 1.82) is 0 Å². The summed E-state index contributed by atoms with van der Waals surface area (Å²) < 4.78 is 4.78. The maximum absolute atomic E-state index is 12.2. The lowest BCUT2D eigenvalue weighted by Crippen LogP contribution is -2.44. The molecule has 1 unspecified atom stereocenters. The van der Waals surface area contributed by atoms with E-state index >= 15 is 0 Å². The molecule has 0 spiro atoms. The predicted octanol–water partition coefficient (Wildman–Crippen LogP) is 0.788. The number of likely N-dealkylation sites (tertiary alicyclic amines) is 1. The first-order valence-electron chi connectivity index (χ1n) is 6.75. The van der Waals surface area contributed by atoms with E-state index in [1.54, 1.807) is 6.92 Å². The van der Waals surface area contributed by atoms with Crippen LogP contribution in [0.2, 0.25) is 0 Å². The third kappa shape index (κ3) is 3.40. The first-order valence-corrected chi connectivity index (χ1v) is 6.75. The monoisotopic (exact) mass is 286 g/mol. The summed E-state index contributed by atoms with van der Waals surface area (Å²) in [5.41, 5.74) is -0.861. The van der Waals surface area contributed by atoms with Crippen molar-refractivity contribution >= 4 is 18.0 Å². The maximum Gasteiger partial charge on any atom is 0.325 e. The van der Waals surface area contributed by atoms with Crippen molar-refractivity contribution in [2.24, 2.45) is 5.41 Å². The minimum Gasteiger partial charge on any atom is -0.481 e. The fraction of sp³-hybridized carbons (Fsp3) is 0.769. The standard InChI is InChI=1S/C13H22N2O5/c1-4-13(11(17)18)6-7-15(9-13)12(19)14(3)8-10(16)20-5-2/h4-9H2,1-3H3,(H,17,18). The Morgan fingerprint density at radius 2 is 2.00 bits per heavy atom. The minimum atomic E-state index is -0.872. The van der Waals surface area contributed by atoms with Gasteiger partial charge in [0.2, 0.25) is 0 Å². The van der Waals surface area contributed by atoms with Crippen LogP contribution in [0, 0.1) is 5.41 Å². The van der Waals surface area contributed by atoms with Gasteiger partial charge in [0.15, 0.2) is 0 Å². The van der Waals surface area contributed by atoms with Crippen LogP contribution in [0.5, 0.6) is 0 Å². The summed E-state index contributed by atoms with van der Waals surface area (Å²) in [6, 6.07) is -0.338. The molecular weight excluding hydrogens is 264 g/mol. The second-order valence-electron chi connectivity index (χ2n) is 5.05. The highest BCUT2D eigenvalue weighted by atomic mass is 16.5. The molecule has 114 valence electrons. The smallest absolute Gasteiger partial charge is 0.325 e. The number of nitrogens with zero attached hydrogens (tertiary/aromatic N) is 2. The fourth-order valence-corrected chi connectivity index (χ4v) is 2.36. The zero-order valence-electron chi connectivity index (χ0n) is 12.2. The molecule has 1 fully saturated rings. The lowest BCUT2D eigenvalue weighted by molar-refractivity contribution is -0.148. The lowest BCUT2D eigenvalue weighted by atomic mass is 9.84. The quantitative estimate of drug-likeness (QED) is 0.755. The Kier molecular flexibility index (Phi) is 5.35. The molecule has 0 saturated carbocycles. The summed E-state index contributed by atoms with van der Waals surface area (Å²) in [7, 11) is 1.51. The van der Waals surface area contributed by atoms with Gasteiger partial charge in [-0.2, -0.15) is 0 Å². The SMILES string of the molecule is CCOC(=O)CN(C)C(=O)N1CCC(CC)(C(=O)O)C1. The van der Waals surface area contributed by atoms with Gasteiger partial charge in [0.05, 0.1) is 12.0 Å². The molecule has 1 N–H and O–H groups in total. The van der Waals surface area contributed by atoms with E-state index in [9.17, 15) is 19.5 Å². The lowest BCUT2D eigenvalue weighted by Gasteiger charge is -2.26. The number of esters is 1. The Bertz CT molecular complexity index is 398. The van der Waals surface area contributed by atoms with E-state index in [1.165, 1.54) is 16.8 Å². The molecule has 0 radical (unpaired) electrons. The number of likely N-dealkylation sites (N-methyl/N-ethyl adjacent to an activating group) is 1. The van der Waals surface area contributed by atoms with Crippen molar-refractivity contribution in [2.75, 3.05) is 33.3 Å². The molecule has 1 aliphatic heterocycles. The zero-order valence-corrected chi connectivity index (χ0v) is 12.2. The van der Waals surface area contributed by atoms with Crippen LogP contribution in [0.25, 0.3) is 0 Å². The van der Waals surface area contributed by atoms with Gasteiger partial charge in [0, 0.05) is 20.1 Å². The third-order valence-corrected chi connectivity index (χ3v) is 3.75. The van der Waals surface area contributed by atoms with E-state index in [0.29, 0.717) is 19.4 Å². The van der Waals surface area contributed by atoms with Gasteiger partial charge < -0.3 is 19.6 Å². The highest BCUT2D eigenvalue weighted by Gasteiger charge is 2.45. The molecule has 1 rings (SSSR count).